The first-order chi connectivity index (χ1) is 14.1. The molecular formula is C22H27N5O2. The highest BCUT2D eigenvalue weighted by Crippen LogP contribution is 2.17. The van der Waals surface area contributed by atoms with Gasteiger partial charge in [-0.15, -0.1) is 0 Å². The van der Waals surface area contributed by atoms with E-state index >= 15 is 0 Å². The number of carbonyl (C=O) groups excluding carboxylic acids is 1. The number of aromatic nitrogens is 3. The third-order valence-electron chi connectivity index (χ3n) is 5.35. The van der Waals surface area contributed by atoms with Crippen molar-refractivity contribution >= 4 is 5.91 Å². The first-order valence-corrected chi connectivity index (χ1v) is 10.2. The molecule has 0 aliphatic carbocycles. The van der Waals surface area contributed by atoms with Crippen LogP contribution in [-0.2, 0) is 6.54 Å². The smallest absolute Gasteiger partial charge is 0.292 e. The Balaban J connectivity index is 1.34. The molecule has 1 amide bonds. The fourth-order valence-corrected chi connectivity index (χ4v) is 3.59. The third kappa shape index (κ3) is 4.56. The molecule has 0 N–H and O–H groups in total. The SMILES string of the molecule is CC(C)c1cc(C(=O)N2CCCN(Cc3ccc(-n4ccnc4)cc3)CC2)on1. The maximum Gasteiger partial charge on any atom is 0.292 e. The maximum atomic E-state index is 12.8. The molecule has 4 rings (SSSR count). The molecule has 0 atom stereocenters. The van der Waals surface area contributed by atoms with Gasteiger partial charge in [0.05, 0.1) is 12.0 Å². The van der Waals surface area contributed by atoms with Crippen molar-refractivity contribution in [3.63, 3.8) is 0 Å². The van der Waals surface area contributed by atoms with Gasteiger partial charge in [-0.25, -0.2) is 4.98 Å². The van der Waals surface area contributed by atoms with Crippen LogP contribution in [0, 0.1) is 0 Å². The van der Waals surface area contributed by atoms with Crippen molar-refractivity contribution < 1.29 is 9.32 Å². The summed E-state index contributed by atoms with van der Waals surface area (Å²) in [5.41, 5.74) is 3.20. The summed E-state index contributed by atoms with van der Waals surface area (Å²) in [6.07, 6.45) is 6.47. The fraction of sp³-hybridized carbons (Fsp3) is 0.409. The molecule has 0 saturated carbocycles. The number of rotatable bonds is 5. The Morgan fingerprint density at radius 1 is 1.14 bits per heavy atom. The van der Waals surface area contributed by atoms with E-state index in [1.54, 1.807) is 18.6 Å². The van der Waals surface area contributed by atoms with Crippen molar-refractivity contribution in [1.29, 1.82) is 0 Å². The quantitative estimate of drug-likeness (QED) is 0.665. The van der Waals surface area contributed by atoms with Gasteiger partial charge >= 0.3 is 0 Å². The number of hydrogen-bond donors (Lipinski definition) is 0. The highest BCUT2D eigenvalue weighted by molar-refractivity contribution is 5.91. The van der Waals surface area contributed by atoms with Crippen molar-refractivity contribution in [1.82, 2.24) is 24.5 Å². The molecule has 1 aromatic carbocycles. The Hall–Kier alpha value is -2.93. The molecule has 0 radical (unpaired) electrons. The van der Waals surface area contributed by atoms with Gasteiger partial charge in [-0.05, 0) is 30.0 Å². The maximum absolute atomic E-state index is 12.8. The lowest BCUT2D eigenvalue weighted by Crippen LogP contribution is -2.34. The van der Waals surface area contributed by atoms with Gasteiger partial charge in [0.1, 0.15) is 0 Å². The van der Waals surface area contributed by atoms with Gasteiger partial charge < -0.3 is 14.0 Å². The third-order valence-corrected chi connectivity index (χ3v) is 5.35. The minimum absolute atomic E-state index is 0.0593. The summed E-state index contributed by atoms with van der Waals surface area (Å²) in [5.74, 6) is 0.535. The van der Waals surface area contributed by atoms with Gasteiger partial charge in [-0.1, -0.05) is 31.1 Å². The molecule has 2 aromatic heterocycles. The molecule has 0 unspecified atom stereocenters. The molecule has 7 nitrogen and oxygen atoms in total. The second-order valence-corrected chi connectivity index (χ2v) is 7.83. The number of benzene rings is 1. The lowest BCUT2D eigenvalue weighted by Gasteiger charge is -2.21. The van der Waals surface area contributed by atoms with Gasteiger partial charge in [0.2, 0.25) is 5.76 Å². The topological polar surface area (TPSA) is 67.4 Å². The van der Waals surface area contributed by atoms with Crippen molar-refractivity contribution in [3.8, 4) is 5.69 Å². The normalized spacial score (nSPS) is 15.6. The van der Waals surface area contributed by atoms with E-state index in [0.717, 1.165) is 44.0 Å². The summed E-state index contributed by atoms with van der Waals surface area (Å²) in [6.45, 7) is 8.22. The van der Waals surface area contributed by atoms with Crippen LogP contribution in [0.15, 0.2) is 53.6 Å². The molecule has 29 heavy (non-hydrogen) atoms. The minimum atomic E-state index is -0.0593. The van der Waals surface area contributed by atoms with Crippen LogP contribution in [0.3, 0.4) is 0 Å². The van der Waals surface area contributed by atoms with E-state index in [1.165, 1.54) is 5.56 Å². The second kappa shape index (κ2) is 8.61. The molecule has 1 aliphatic rings. The summed E-state index contributed by atoms with van der Waals surface area (Å²) < 4.78 is 7.28. The van der Waals surface area contributed by atoms with Gasteiger partial charge in [0, 0.05) is 56.9 Å². The van der Waals surface area contributed by atoms with E-state index < -0.39 is 0 Å². The zero-order valence-electron chi connectivity index (χ0n) is 17.0. The largest absolute Gasteiger partial charge is 0.351 e. The Bertz CT molecular complexity index is 931. The molecule has 152 valence electrons. The lowest BCUT2D eigenvalue weighted by molar-refractivity contribution is 0.0719. The Labute approximate surface area is 170 Å². The van der Waals surface area contributed by atoms with Crippen LogP contribution in [0.1, 0.15) is 48.0 Å². The zero-order valence-corrected chi connectivity index (χ0v) is 17.0. The molecule has 0 spiro atoms. The molecule has 7 heteroatoms. The lowest BCUT2D eigenvalue weighted by atomic mass is 10.1. The molecule has 1 fully saturated rings. The summed E-state index contributed by atoms with van der Waals surface area (Å²) in [4.78, 5) is 21.1. The first-order valence-electron chi connectivity index (χ1n) is 10.2. The van der Waals surface area contributed by atoms with Crippen molar-refractivity contribution in [2.75, 3.05) is 26.2 Å². The Morgan fingerprint density at radius 3 is 2.66 bits per heavy atom. The second-order valence-electron chi connectivity index (χ2n) is 7.83. The monoisotopic (exact) mass is 393 g/mol. The number of hydrogen-bond acceptors (Lipinski definition) is 5. The van der Waals surface area contributed by atoms with E-state index in [4.69, 9.17) is 4.52 Å². The fourth-order valence-electron chi connectivity index (χ4n) is 3.59. The predicted molar refractivity (Wildman–Crippen MR) is 110 cm³/mol. The molecule has 3 heterocycles. The van der Waals surface area contributed by atoms with E-state index in [0.29, 0.717) is 12.3 Å². The van der Waals surface area contributed by atoms with Crippen molar-refractivity contribution in [2.24, 2.45) is 0 Å². The van der Waals surface area contributed by atoms with Gasteiger partial charge in [0.15, 0.2) is 0 Å². The summed E-state index contributed by atoms with van der Waals surface area (Å²) >= 11 is 0. The van der Waals surface area contributed by atoms with Crippen LogP contribution in [0.4, 0.5) is 0 Å². The van der Waals surface area contributed by atoms with Crippen LogP contribution in [0.25, 0.3) is 5.69 Å². The average Bonchev–Trinajstić information content (AvgIpc) is 3.38. The molecule has 0 bridgehead atoms. The summed E-state index contributed by atoms with van der Waals surface area (Å²) in [6, 6.07) is 10.3. The van der Waals surface area contributed by atoms with Crippen LogP contribution in [0.2, 0.25) is 0 Å². The van der Waals surface area contributed by atoms with E-state index in [1.807, 2.05) is 29.5 Å². The minimum Gasteiger partial charge on any atom is -0.351 e. The number of nitrogens with zero attached hydrogens (tertiary/aromatic N) is 5. The number of imidazole rings is 1. The predicted octanol–water partition coefficient (Wildman–Crippen LogP) is 3.33. The van der Waals surface area contributed by atoms with Crippen molar-refractivity contribution in [2.45, 2.75) is 32.7 Å². The Morgan fingerprint density at radius 2 is 1.97 bits per heavy atom. The van der Waals surface area contributed by atoms with Crippen molar-refractivity contribution in [3.05, 3.63) is 66.1 Å². The average molecular weight is 393 g/mol. The number of carbonyl (C=O) groups is 1. The van der Waals surface area contributed by atoms with Gasteiger partial charge in [-0.2, -0.15) is 0 Å². The number of amides is 1. The summed E-state index contributed by atoms with van der Waals surface area (Å²) in [5, 5.41) is 4.01. The zero-order chi connectivity index (χ0) is 20.2. The molecule has 3 aromatic rings. The van der Waals surface area contributed by atoms with Crippen LogP contribution in [0.5, 0.6) is 0 Å². The van der Waals surface area contributed by atoms with Gasteiger partial charge in [0.25, 0.3) is 5.91 Å². The summed E-state index contributed by atoms with van der Waals surface area (Å²) in [7, 11) is 0. The van der Waals surface area contributed by atoms with E-state index in [2.05, 4.69) is 39.3 Å². The molecule has 1 aliphatic heterocycles. The van der Waals surface area contributed by atoms with Crippen LogP contribution in [-0.4, -0.2) is 56.6 Å². The molecule has 1 saturated heterocycles. The standard InChI is InChI=1S/C22H27N5O2/c1-17(2)20-14-21(29-24-20)22(28)26-10-3-9-25(12-13-26)15-18-4-6-19(7-5-18)27-11-8-23-16-27/h4-8,11,14,16-17H,3,9-10,12-13,15H2,1-2H3. The van der Waals surface area contributed by atoms with E-state index in [9.17, 15) is 4.79 Å². The van der Waals surface area contributed by atoms with Gasteiger partial charge in [-0.3, -0.25) is 9.69 Å². The highest BCUT2D eigenvalue weighted by atomic mass is 16.5. The first kappa shape index (κ1) is 19.4. The van der Waals surface area contributed by atoms with Crippen LogP contribution >= 0.6 is 0 Å². The Kier molecular flexibility index (Phi) is 5.76. The molecular weight excluding hydrogens is 366 g/mol. The van der Waals surface area contributed by atoms with Crippen LogP contribution < -0.4 is 0 Å². The van der Waals surface area contributed by atoms with E-state index in [-0.39, 0.29) is 11.8 Å². The highest BCUT2D eigenvalue weighted by Gasteiger charge is 2.24.